The van der Waals surface area contributed by atoms with Crippen molar-refractivity contribution in [2.75, 3.05) is 0 Å². The molecule has 0 radical (unpaired) electrons. The van der Waals surface area contributed by atoms with Crippen molar-refractivity contribution in [3.63, 3.8) is 0 Å². The van der Waals surface area contributed by atoms with Crippen molar-refractivity contribution in [1.82, 2.24) is 9.88 Å². The highest BCUT2D eigenvalue weighted by Gasteiger charge is 2.65. The van der Waals surface area contributed by atoms with Crippen LogP contribution in [0.1, 0.15) is 19.5 Å². The van der Waals surface area contributed by atoms with Gasteiger partial charge in [0.1, 0.15) is 0 Å². The number of hydrogen-bond donors (Lipinski definition) is 2. The molecule has 2 unspecified atom stereocenters. The predicted molar refractivity (Wildman–Crippen MR) is 65.7 cm³/mol. The van der Waals surface area contributed by atoms with Gasteiger partial charge in [0, 0.05) is 18.9 Å². The summed E-state index contributed by atoms with van der Waals surface area (Å²) in [5.74, 6) is -2.05. The van der Waals surface area contributed by atoms with E-state index in [4.69, 9.17) is 5.11 Å². The highest BCUT2D eigenvalue weighted by atomic mass is 16.4. The van der Waals surface area contributed by atoms with Crippen molar-refractivity contribution < 1.29 is 14.7 Å². The van der Waals surface area contributed by atoms with E-state index in [1.165, 1.54) is 0 Å². The van der Waals surface area contributed by atoms with E-state index in [0.717, 1.165) is 5.69 Å². The maximum Gasteiger partial charge on any atom is 0.307 e. The third-order valence-corrected chi connectivity index (χ3v) is 3.87. The van der Waals surface area contributed by atoms with Crippen LogP contribution in [-0.2, 0) is 23.2 Å². The number of nitrogens with zero attached hydrogens (tertiary/aromatic N) is 1. The zero-order valence-electron chi connectivity index (χ0n) is 10.8. The topological polar surface area (TPSA) is 71.3 Å². The van der Waals surface area contributed by atoms with E-state index < -0.39 is 23.2 Å². The Morgan fingerprint density at radius 2 is 2.11 bits per heavy atom. The summed E-state index contributed by atoms with van der Waals surface area (Å²) in [6.45, 7) is 4.07. The minimum Gasteiger partial charge on any atom is -0.481 e. The first-order chi connectivity index (χ1) is 8.35. The molecule has 2 rings (SSSR count). The Bertz CT molecular complexity index is 490. The highest BCUT2D eigenvalue weighted by Crippen LogP contribution is 2.58. The zero-order chi connectivity index (χ0) is 13.5. The summed E-state index contributed by atoms with van der Waals surface area (Å²) in [5, 5.41) is 11.8. The van der Waals surface area contributed by atoms with Crippen LogP contribution in [0.5, 0.6) is 0 Å². The van der Waals surface area contributed by atoms with Gasteiger partial charge in [0.05, 0.1) is 18.4 Å². The molecule has 0 spiro atoms. The number of amides is 1. The second-order valence-electron chi connectivity index (χ2n) is 5.44. The molecule has 1 heterocycles. The minimum atomic E-state index is -0.890. The maximum absolute atomic E-state index is 12.0. The molecule has 0 aliphatic heterocycles. The van der Waals surface area contributed by atoms with Crippen LogP contribution in [0.15, 0.2) is 18.3 Å². The molecule has 1 aliphatic carbocycles. The fourth-order valence-electron chi connectivity index (χ4n) is 2.56. The van der Waals surface area contributed by atoms with Crippen LogP contribution in [0.25, 0.3) is 0 Å². The molecule has 1 aromatic heterocycles. The number of aryl methyl sites for hydroxylation is 1. The van der Waals surface area contributed by atoms with Gasteiger partial charge in [-0.15, -0.1) is 0 Å². The third-order valence-electron chi connectivity index (χ3n) is 3.87. The largest absolute Gasteiger partial charge is 0.481 e. The van der Waals surface area contributed by atoms with E-state index in [1.807, 2.05) is 43.8 Å². The fourth-order valence-corrected chi connectivity index (χ4v) is 2.56. The van der Waals surface area contributed by atoms with Crippen LogP contribution >= 0.6 is 0 Å². The molecule has 2 atom stereocenters. The molecule has 1 fully saturated rings. The van der Waals surface area contributed by atoms with Crippen molar-refractivity contribution in [1.29, 1.82) is 0 Å². The summed E-state index contributed by atoms with van der Waals surface area (Å²) < 4.78 is 1.92. The number of aliphatic carboxylic acids is 1. The van der Waals surface area contributed by atoms with Crippen LogP contribution in [0.2, 0.25) is 0 Å². The lowest BCUT2D eigenvalue weighted by Crippen LogP contribution is -2.27. The number of carboxylic acids is 1. The number of rotatable bonds is 4. The third kappa shape index (κ3) is 2.00. The van der Waals surface area contributed by atoms with Crippen LogP contribution in [0.3, 0.4) is 0 Å². The number of aromatic nitrogens is 1. The van der Waals surface area contributed by atoms with Gasteiger partial charge in [-0.2, -0.15) is 0 Å². The molecule has 5 nitrogen and oxygen atoms in total. The first-order valence-electron chi connectivity index (χ1n) is 5.96. The molecule has 1 amide bonds. The number of carbonyl (C=O) groups excluding carboxylic acids is 1. The molecular weight excluding hydrogens is 232 g/mol. The fraction of sp³-hybridized carbons (Fsp3) is 0.538. The number of carbonyl (C=O) groups is 2. The van der Waals surface area contributed by atoms with E-state index in [2.05, 4.69) is 5.32 Å². The van der Waals surface area contributed by atoms with E-state index in [-0.39, 0.29) is 5.91 Å². The minimum absolute atomic E-state index is 0.173. The van der Waals surface area contributed by atoms with Crippen LogP contribution in [0.4, 0.5) is 0 Å². The van der Waals surface area contributed by atoms with Gasteiger partial charge in [-0.05, 0) is 17.5 Å². The van der Waals surface area contributed by atoms with Crippen molar-refractivity contribution in [2.24, 2.45) is 24.3 Å². The Kier molecular flexibility index (Phi) is 2.92. The van der Waals surface area contributed by atoms with E-state index in [0.29, 0.717) is 6.54 Å². The average molecular weight is 250 g/mol. The summed E-state index contributed by atoms with van der Waals surface area (Å²) in [4.78, 5) is 23.0. The Morgan fingerprint density at radius 1 is 1.44 bits per heavy atom. The van der Waals surface area contributed by atoms with Crippen molar-refractivity contribution >= 4 is 11.9 Å². The molecule has 0 saturated heterocycles. The smallest absolute Gasteiger partial charge is 0.307 e. The van der Waals surface area contributed by atoms with Crippen molar-refractivity contribution in [3.05, 3.63) is 24.0 Å². The molecular formula is C13H18N2O3. The Balaban J connectivity index is 1.94. The van der Waals surface area contributed by atoms with Gasteiger partial charge in [0.2, 0.25) is 5.91 Å². The molecule has 1 aromatic rings. The Morgan fingerprint density at radius 3 is 2.56 bits per heavy atom. The Hall–Kier alpha value is -1.78. The lowest BCUT2D eigenvalue weighted by atomic mass is 10.1. The monoisotopic (exact) mass is 250 g/mol. The van der Waals surface area contributed by atoms with E-state index in [1.54, 1.807) is 0 Å². The molecule has 1 saturated carbocycles. The lowest BCUT2D eigenvalue weighted by Gasteiger charge is -2.07. The van der Waals surface area contributed by atoms with Gasteiger partial charge < -0.3 is 15.0 Å². The van der Waals surface area contributed by atoms with Crippen LogP contribution in [0, 0.1) is 17.3 Å². The van der Waals surface area contributed by atoms with E-state index in [9.17, 15) is 9.59 Å². The van der Waals surface area contributed by atoms with Crippen molar-refractivity contribution in [2.45, 2.75) is 20.4 Å². The van der Waals surface area contributed by atoms with E-state index >= 15 is 0 Å². The second kappa shape index (κ2) is 4.15. The number of carboxylic acid groups (broad SMARTS) is 1. The van der Waals surface area contributed by atoms with Crippen molar-refractivity contribution in [3.8, 4) is 0 Å². The summed E-state index contributed by atoms with van der Waals surface area (Å²) in [6.07, 6.45) is 1.91. The van der Waals surface area contributed by atoms with Gasteiger partial charge in [0.15, 0.2) is 0 Å². The first kappa shape index (κ1) is 12.7. The summed E-state index contributed by atoms with van der Waals surface area (Å²) in [6, 6.07) is 3.83. The van der Waals surface area contributed by atoms with Gasteiger partial charge in [-0.3, -0.25) is 9.59 Å². The zero-order valence-corrected chi connectivity index (χ0v) is 10.8. The molecule has 18 heavy (non-hydrogen) atoms. The average Bonchev–Trinajstić information content (AvgIpc) is 2.62. The summed E-state index contributed by atoms with van der Waals surface area (Å²) in [5.41, 5.74) is 0.554. The molecule has 5 heteroatoms. The molecule has 0 aromatic carbocycles. The summed E-state index contributed by atoms with van der Waals surface area (Å²) >= 11 is 0. The SMILES string of the molecule is Cn1cccc1CNC(=O)C1C(C(=O)O)C1(C)C. The second-order valence-corrected chi connectivity index (χ2v) is 5.44. The molecule has 98 valence electrons. The quantitative estimate of drug-likeness (QED) is 0.837. The van der Waals surface area contributed by atoms with Gasteiger partial charge >= 0.3 is 5.97 Å². The van der Waals surface area contributed by atoms with Crippen LogP contribution in [-0.4, -0.2) is 21.6 Å². The van der Waals surface area contributed by atoms with Gasteiger partial charge in [-0.25, -0.2) is 0 Å². The van der Waals surface area contributed by atoms with Crippen LogP contribution < -0.4 is 5.32 Å². The highest BCUT2D eigenvalue weighted by molar-refractivity contribution is 5.91. The van der Waals surface area contributed by atoms with Gasteiger partial charge in [0.25, 0.3) is 0 Å². The normalized spacial score (nSPS) is 24.6. The first-order valence-corrected chi connectivity index (χ1v) is 5.96. The Labute approximate surface area is 106 Å². The summed E-state index contributed by atoms with van der Waals surface area (Å²) in [7, 11) is 1.91. The predicted octanol–water partition coefficient (Wildman–Crippen LogP) is 0.998. The maximum atomic E-state index is 12.0. The lowest BCUT2D eigenvalue weighted by molar-refractivity contribution is -0.140. The van der Waals surface area contributed by atoms with Gasteiger partial charge in [-0.1, -0.05) is 13.8 Å². The molecule has 1 aliphatic rings. The number of nitrogens with one attached hydrogen (secondary N) is 1. The molecule has 2 N–H and O–H groups in total. The molecule has 0 bridgehead atoms. The standard InChI is InChI=1S/C13H18N2O3/c1-13(2)9(10(13)12(17)18)11(16)14-7-8-5-4-6-15(8)3/h4-6,9-10H,7H2,1-3H3,(H,14,16)(H,17,18). The number of hydrogen-bond acceptors (Lipinski definition) is 2.